The number of benzene rings is 2. The van der Waals surface area contributed by atoms with Crippen molar-refractivity contribution in [2.75, 3.05) is 20.2 Å². The molecule has 2 aromatic heterocycles. The highest BCUT2D eigenvalue weighted by molar-refractivity contribution is 5.87. The third kappa shape index (κ3) is 7.68. The average molecular weight is 747 g/mol. The van der Waals surface area contributed by atoms with Crippen LogP contribution in [0, 0.1) is 29.6 Å². The lowest BCUT2D eigenvalue weighted by molar-refractivity contribution is -0.138. The molecule has 0 aliphatic carbocycles. The molecule has 2 aromatic carbocycles. The number of oxime groups is 1. The number of imidazole rings is 2. The second kappa shape index (κ2) is 15.2. The number of hydrogen-bond acceptors (Lipinski definition) is 8. The van der Waals surface area contributed by atoms with Gasteiger partial charge >= 0.3 is 6.09 Å². The van der Waals surface area contributed by atoms with Gasteiger partial charge in [0.15, 0.2) is 5.60 Å². The minimum Gasteiger partial charge on any atom is -0.453 e. The van der Waals surface area contributed by atoms with Crippen molar-refractivity contribution in [1.82, 2.24) is 35.1 Å². The molecule has 3 aliphatic heterocycles. The first-order valence-corrected chi connectivity index (χ1v) is 19.2. The van der Waals surface area contributed by atoms with Crippen LogP contribution in [0.3, 0.4) is 0 Å². The highest BCUT2D eigenvalue weighted by Gasteiger charge is 2.52. The fourth-order valence-corrected chi connectivity index (χ4v) is 7.86. The van der Waals surface area contributed by atoms with Crippen LogP contribution in [0.2, 0.25) is 0 Å². The number of alkyl carbamates (subject to hydrolysis) is 1. The second-order valence-electron chi connectivity index (χ2n) is 15.9. The Kier molecular flexibility index (Phi) is 10.4. The quantitative estimate of drug-likeness (QED) is 0.174. The lowest BCUT2D eigenvalue weighted by Crippen LogP contribution is -2.51. The van der Waals surface area contributed by atoms with Crippen molar-refractivity contribution in [1.29, 1.82) is 0 Å². The Hall–Kier alpha value is -5.64. The molecule has 288 valence electrons. The zero-order chi connectivity index (χ0) is 39.0. The number of methoxy groups -OCH3 is 1. The normalized spacial score (nSPS) is 21.8. The number of nitrogens with zero attached hydrogens (tertiary/aromatic N) is 5. The molecule has 0 radical (unpaired) electrons. The van der Waals surface area contributed by atoms with Gasteiger partial charge in [0.25, 0.3) is 0 Å². The molecule has 3 amide bonds. The van der Waals surface area contributed by atoms with Gasteiger partial charge < -0.3 is 34.7 Å². The Morgan fingerprint density at radius 3 is 2.38 bits per heavy atom. The van der Waals surface area contributed by atoms with Crippen LogP contribution in [-0.4, -0.2) is 85.2 Å². The summed E-state index contributed by atoms with van der Waals surface area (Å²) < 4.78 is 4.75. The second-order valence-corrected chi connectivity index (χ2v) is 15.9. The maximum absolute atomic E-state index is 13.7. The summed E-state index contributed by atoms with van der Waals surface area (Å²) in [6.07, 6.45) is 4.12. The Balaban J connectivity index is 1.04. The first-order valence-electron chi connectivity index (χ1n) is 19.2. The predicted molar refractivity (Wildman–Crippen MR) is 209 cm³/mol. The molecule has 0 bridgehead atoms. The SMILES string of the molecule is COC(=O)N[C@H](C(=O)N1CCC[C@H]1c1ncc(-c2ccc(C#Cc3ccc4nc([C@@H]5C[C@]6(CC(C)=NO6)CN5C(=O)[C@@H](C)C(C)C)[nH]c4c3)cc2)[nH]1)C(C)C. The Morgan fingerprint density at radius 2 is 1.69 bits per heavy atom. The molecule has 2 saturated heterocycles. The van der Waals surface area contributed by atoms with Crippen molar-refractivity contribution >= 4 is 34.7 Å². The van der Waals surface area contributed by atoms with E-state index < -0.39 is 17.7 Å². The van der Waals surface area contributed by atoms with Crippen molar-refractivity contribution in [2.24, 2.45) is 22.9 Å². The minimum atomic E-state index is -0.687. The number of H-pyrrole nitrogens is 2. The van der Waals surface area contributed by atoms with Gasteiger partial charge in [0, 0.05) is 36.4 Å². The van der Waals surface area contributed by atoms with Crippen molar-refractivity contribution in [3.8, 4) is 23.1 Å². The number of aromatic nitrogens is 4. The number of nitrogens with one attached hydrogen (secondary N) is 3. The van der Waals surface area contributed by atoms with Gasteiger partial charge in [-0.3, -0.25) is 9.59 Å². The lowest BCUT2D eigenvalue weighted by Gasteiger charge is -2.30. The zero-order valence-corrected chi connectivity index (χ0v) is 32.6. The van der Waals surface area contributed by atoms with E-state index in [-0.39, 0.29) is 41.7 Å². The smallest absolute Gasteiger partial charge is 0.407 e. The lowest BCUT2D eigenvalue weighted by atomic mass is 9.94. The Labute approximate surface area is 321 Å². The molecule has 5 heterocycles. The first kappa shape index (κ1) is 37.7. The summed E-state index contributed by atoms with van der Waals surface area (Å²) in [4.78, 5) is 65.4. The van der Waals surface area contributed by atoms with Crippen LogP contribution in [-0.2, 0) is 19.2 Å². The molecule has 0 saturated carbocycles. The Bertz CT molecular complexity index is 2180. The van der Waals surface area contributed by atoms with E-state index in [1.807, 2.05) is 75.1 Å². The molecule has 7 rings (SSSR count). The van der Waals surface area contributed by atoms with E-state index in [0.29, 0.717) is 25.9 Å². The third-order valence-electron chi connectivity index (χ3n) is 11.2. The van der Waals surface area contributed by atoms with Crippen LogP contribution in [0.25, 0.3) is 22.3 Å². The number of carbonyl (C=O) groups excluding carboxylic acids is 3. The summed E-state index contributed by atoms with van der Waals surface area (Å²) in [5.74, 6) is 7.98. The fourth-order valence-electron chi connectivity index (χ4n) is 7.86. The minimum absolute atomic E-state index is 0.103. The van der Waals surface area contributed by atoms with E-state index in [1.54, 1.807) is 11.1 Å². The van der Waals surface area contributed by atoms with Crippen molar-refractivity contribution in [2.45, 2.75) is 91.0 Å². The van der Waals surface area contributed by atoms with E-state index >= 15 is 0 Å². The van der Waals surface area contributed by atoms with E-state index in [0.717, 1.165) is 63.6 Å². The molecule has 0 unspecified atom stereocenters. The van der Waals surface area contributed by atoms with Crippen molar-refractivity contribution < 1.29 is 24.0 Å². The summed E-state index contributed by atoms with van der Waals surface area (Å²) in [7, 11) is 1.29. The van der Waals surface area contributed by atoms with Crippen molar-refractivity contribution in [3.63, 3.8) is 0 Å². The topological polar surface area (TPSA) is 158 Å². The number of amides is 3. The van der Waals surface area contributed by atoms with Gasteiger partial charge in [-0.1, -0.05) is 63.7 Å². The molecular weight excluding hydrogens is 697 g/mol. The van der Waals surface area contributed by atoms with E-state index in [2.05, 4.69) is 51.1 Å². The van der Waals surface area contributed by atoms with Crippen molar-refractivity contribution in [3.05, 3.63) is 71.4 Å². The van der Waals surface area contributed by atoms with E-state index in [1.165, 1.54) is 7.11 Å². The van der Waals surface area contributed by atoms with E-state index in [4.69, 9.17) is 14.6 Å². The van der Waals surface area contributed by atoms with Crippen LogP contribution in [0.15, 0.2) is 53.8 Å². The van der Waals surface area contributed by atoms with Crippen LogP contribution in [0.1, 0.15) is 102 Å². The molecule has 4 aromatic rings. The third-order valence-corrected chi connectivity index (χ3v) is 11.2. The molecular formula is C42H50N8O5. The highest BCUT2D eigenvalue weighted by atomic mass is 16.7. The molecule has 13 nitrogen and oxygen atoms in total. The number of fused-ring (bicyclic) bond motifs is 1. The first-order chi connectivity index (χ1) is 26.3. The number of carbonyl (C=O) groups is 3. The number of ether oxygens (including phenoxy) is 1. The molecule has 2 fully saturated rings. The number of likely N-dealkylation sites (tertiary alicyclic amines) is 2. The largest absolute Gasteiger partial charge is 0.453 e. The van der Waals surface area contributed by atoms with E-state index in [9.17, 15) is 14.4 Å². The standard InChI is InChI=1S/C42H50N8O5/c1-24(2)27(6)39(51)50-23-42(20-26(5)48-55-42)21-35(50)38-44-31-17-14-29(19-32(31)45-38)11-10-28-12-15-30(16-13-28)33-22-43-37(46-33)34-9-8-18-49(34)40(52)36(25(3)4)47-41(53)54-7/h12-17,19,22,24-25,27,34-36H,8-9,18,20-21,23H2,1-7H3,(H,43,46)(H,44,45)(H,47,53)/t27-,34-,35-,36-,42+/m0/s1. The highest BCUT2D eigenvalue weighted by Crippen LogP contribution is 2.45. The van der Waals surface area contributed by atoms with Gasteiger partial charge in [-0.25, -0.2) is 14.8 Å². The van der Waals surface area contributed by atoms with Gasteiger partial charge in [-0.05, 0) is 67.5 Å². The van der Waals surface area contributed by atoms with Crippen LogP contribution in [0.5, 0.6) is 0 Å². The van der Waals surface area contributed by atoms with Gasteiger partial charge in [0.2, 0.25) is 11.8 Å². The molecule has 55 heavy (non-hydrogen) atoms. The van der Waals surface area contributed by atoms with Gasteiger partial charge in [0.1, 0.15) is 17.7 Å². The molecule has 5 atom stereocenters. The Morgan fingerprint density at radius 1 is 0.945 bits per heavy atom. The van der Waals surface area contributed by atoms with Crippen LogP contribution >= 0.6 is 0 Å². The summed E-state index contributed by atoms with van der Waals surface area (Å²) >= 11 is 0. The van der Waals surface area contributed by atoms with Gasteiger partial charge in [0.05, 0.1) is 54.4 Å². The molecule has 3 aliphatic rings. The number of aromatic amines is 2. The van der Waals surface area contributed by atoms with Gasteiger partial charge in [-0.2, -0.15) is 0 Å². The summed E-state index contributed by atoms with van der Waals surface area (Å²) in [5, 5.41) is 6.93. The van der Waals surface area contributed by atoms with Crippen LogP contribution < -0.4 is 5.32 Å². The average Bonchev–Trinajstić information content (AvgIpc) is 4.02. The predicted octanol–water partition coefficient (Wildman–Crippen LogP) is 6.50. The summed E-state index contributed by atoms with van der Waals surface area (Å²) in [5.41, 5.74) is 5.59. The molecule has 13 heteroatoms. The summed E-state index contributed by atoms with van der Waals surface area (Å²) in [6, 6.07) is 12.7. The monoisotopic (exact) mass is 746 g/mol. The van der Waals surface area contributed by atoms with Gasteiger partial charge in [-0.15, -0.1) is 0 Å². The van der Waals surface area contributed by atoms with Crippen LogP contribution in [0.4, 0.5) is 4.79 Å². The summed E-state index contributed by atoms with van der Waals surface area (Å²) in [6.45, 7) is 13.0. The maximum atomic E-state index is 13.7. The maximum Gasteiger partial charge on any atom is 0.407 e. The number of rotatable bonds is 8. The fraction of sp³-hybridized carbons (Fsp3) is 0.476. The zero-order valence-electron chi connectivity index (χ0n) is 32.6. The number of hydrogen-bond donors (Lipinski definition) is 3. The molecule has 3 N–H and O–H groups in total. The molecule has 1 spiro atoms.